The van der Waals surface area contributed by atoms with Crippen molar-refractivity contribution in [3.05, 3.63) is 101 Å². The SMILES string of the molecule is Cc1cccc(OC(=O)NCc2ccc([C@H]3CCCC[C@@H]3C(=O)N[C@@H](C)c3ccccc3)cc2)c1. The zero-order valence-electron chi connectivity index (χ0n) is 20.5. The Hall–Kier alpha value is -3.60. The Balaban J connectivity index is 1.34. The van der Waals surface area contributed by atoms with Crippen LogP contribution in [0.3, 0.4) is 0 Å². The van der Waals surface area contributed by atoms with Crippen LogP contribution in [-0.4, -0.2) is 12.0 Å². The van der Waals surface area contributed by atoms with Crippen LogP contribution in [0.2, 0.25) is 0 Å². The zero-order valence-corrected chi connectivity index (χ0v) is 20.5. The molecule has 3 aromatic rings. The maximum absolute atomic E-state index is 13.2. The highest BCUT2D eigenvalue weighted by Gasteiger charge is 2.32. The van der Waals surface area contributed by atoms with E-state index in [1.807, 2.05) is 74.5 Å². The summed E-state index contributed by atoms with van der Waals surface area (Å²) in [6.45, 7) is 4.38. The fraction of sp³-hybridized carbons (Fsp3) is 0.333. The van der Waals surface area contributed by atoms with Crippen LogP contribution < -0.4 is 15.4 Å². The summed E-state index contributed by atoms with van der Waals surface area (Å²) in [7, 11) is 0. The van der Waals surface area contributed by atoms with Gasteiger partial charge in [0, 0.05) is 12.5 Å². The van der Waals surface area contributed by atoms with Gasteiger partial charge in [0.2, 0.25) is 5.91 Å². The van der Waals surface area contributed by atoms with Crippen molar-refractivity contribution in [3.63, 3.8) is 0 Å². The summed E-state index contributed by atoms with van der Waals surface area (Å²) in [6, 6.07) is 25.7. The topological polar surface area (TPSA) is 67.4 Å². The van der Waals surface area contributed by atoms with E-state index in [0.717, 1.165) is 42.4 Å². The lowest BCUT2D eigenvalue weighted by atomic mass is 9.75. The van der Waals surface area contributed by atoms with Crippen molar-refractivity contribution in [2.75, 3.05) is 0 Å². The van der Waals surface area contributed by atoms with E-state index in [9.17, 15) is 9.59 Å². The first-order chi connectivity index (χ1) is 17.0. The van der Waals surface area contributed by atoms with Crippen molar-refractivity contribution in [2.45, 2.75) is 58.0 Å². The summed E-state index contributed by atoms with van der Waals surface area (Å²) >= 11 is 0. The number of hydrogen-bond acceptors (Lipinski definition) is 3. The molecule has 2 amide bonds. The summed E-state index contributed by atoms with van der Waals surface area (Å²) < 4.78 is 5.35. The van der Waals surface area contributed by atoms with E-state index in [-0.39, 0.29) is 23.8 Å². The highest BCUT2D eigenvalue weighted by Crippen LogP contribution is 2.38. The van der Waals surface area contributed by atoms with Crippen LogP contribution in [0.15, 0.2) is 78.9 Å². The summed E-state index contributed by atoms with van der Waals surface area (Å²) in [5.41, 5.74) is 4.33. The number of amides is 2. The third-order valence-corrected chi connectivity index (χ3v) is 6.81. The van der Waals surface area contributed by atoms with Crippen molar-refractivity contribution in [2.24, 2.45) is 5.92 Å². The molecule has 0 radical (unpaired) electrons. The summed E-state index contributed by atoms with van der Waals surface area (Å²) in [4.78, 5) is 25.4. The molecule has 1 aliphatic rings. The molecule has 182 valence electrons. The van der Waals surface area contributed by atoms with E-state index in [4.69, 9.17) is 4.74 Å². The summed E-state index contributed by atoms with van der Waals surface area (Å²) in [5.74, 6) is 0.847. The van der Waals surface area contributed by atoms with Crippen molar-refractivity contribution in [3.8, 4) is 5.75 Å². The van der Waals surface area contributed by atoms with Crippen molar-refractivity contribution < 1.29 is 14.3 Å². The number of carbonyl (C=O) groups is 2. The molecule has 3 atom stereocenters. The van der Waals surface area contributed by atoms with Gasteiger partial charge in [0.15, 0.2) is 0 Å². The molecule has 0 aliphatic heterocycles. The number of benzene rings is 3. The predicted octanol–water partition coefficient (Wildman–Crippen LogP) is 6.43. The van der Waals surface area contributed by atoms with E-state index in [1.165, 1.54) is 5.56 Å². The lowest BCUT2D eigenvalue weighted by Gasteiger charge is -2.32. The number of aryl methyl sites for hydroxylation is 1. The number of nitrogens with one attached hydrogen (secondary N) is 2. The zero-order chi connectivity index (χ0) is 24.6. The molecule has 0 heterocycles. The third kappa shape index (κ3) is 6.72. The third-order valence-electron chi connectivity index (χ3n) is 6.81. The molecule has 3 aromatic carbocycles. The van der Waals surface area contributed by atoms with Gasteiger partial charge in [0.05, 0.1) is 6.04 Å². The van der Waals surface area contributed by atoms with Crippen LogP contribution in [0.4, 0.5) is 4.79 Å². The van der Waals surface area contributed by atoms with Gasteiger partial charge >= 0.3 is 6.09 Å². The smallest absolute Gasteiger partial charge is 0.410 e. The van der Waals surface area contributed by atoms with Gasteiger partial charge in [-0.25, -0.2) is 4.79 Å². The number of carbonyl (C=O) groups excluding carboxylic acids is 2. The van der Waals surface area contributed by atoms with Gasteiger partial charge in [-0.2, -0.15) is 0 Å². The average molecular weight is 471 g/mol. The van der Waals surface area contributed by atoms with E-state index in [1.54, 1.807) is 6.07 Å². The lowest BCUT2D eigenvalue weighted by Crippen LogP contribution is -2.37. The first-order valence-corrected chi connectivity index (χ1v) is 12.5. The molecular formula is C30H34N2O3. The maximum atomic E-state index is 13.2. The second-order valence-corrected chi connectivity index (χ2v) is 9.44. The largest absolute Gasteiger partial charge is 0.412 e. The minimum atomic E-state index is -0.476. The first kappa shape index (κ1) is 24.5. The van der Waals surface area contributed by atoms with Crippen molar-refractivity contribution in [1.29, 1.82) is 0 Å². The van der Waals surface area contributed by atoms with Gasteiger partial charge in [0.25, 0.3) is 0 Å². The molecule has 0 unspecified atom stereocenters. The standard InChI is InChI=1S/C30H34N2O3/c1-21-9-8-12-26(19-21)35-30(34)31-20-23-15-17-25(18-16-23)27-13-6-7-14-28(27)29(33)32-22(2)24-10-4-3-5-11-24/h3-5,8-12,15-19,22,27-28H,6-7,13-14,20H2,1-2H3,(H,31,34)(H,32,33)/t22-,27+,28-/m0/s1. The Bertz CT molecular complexity index is 1130. The number of ether oxygens (including phenoxy) is 1. The minimum Gasteiger partial charge on any atom is -0.410 e. The van der Waals surface area contributed by atoms with Gasteiger partial charge in [-0.15, -0.1) is 0 Å². The number of rotatable bonds is 7. The lowest BCUT2D eigenvalue weighted by molar-refractivity contribution is -0.127. The van der Waals surface area contributed by atoms with Gasteiger partial charge < -0.3 is 15.4 Å². The monoisotopic (exact) mass is 470 g/mol. The summed E-state index contributed by atoms with van der Waals surface area (Å²) in [6.07, 6.45) is 3.66. The molecule has 1 saturated carbocycles. The van der Waals surface area contributed by atoms with E-state index < -0.39 is 6.09 Å². The van der Waals surface area contributed by atoms with E-state index in [0.29, 0.717) is 12.3 Å². The Kier molecular flexibility index (Phi) is 8.19. The van der Waals surface area contributed by atoms with Gasteiger partial charge in [-0.1, -0.05) is 79.6 Å². The average Bonchev–Trinajstić information content (AvgIpc) is 2.88. The molecule has 1 fully saturated rings. The second kappa shape index (κ2) is 11.7. The molecule has 5 nitrogen and oxygen atoms in total. The van der Waals surface area contributed by atoms with Crippen LogP contribution in [-0.2, 0) is 11.3 Å². The Morgan fingerprint density at radius 2 is 1.69 bits per heavy atom. The molecule has 4 rings (SSSR count). The molecule has 0 spiro atoms. The molecule has 0 saturated heterocycles. The Morgan fingerprint density at radius 1 is 0.943 bits per heavy atom. The quantitative estimate of drug-likeness (QED) is 0.418. The molecule has 5 heteroatoms. The van der Waals surface area contributed by atoms with E-state index in [2.05, 4.69) is 22.8 Å². The van der Waals surface area contributed by atoms with Crippen molar-refractivity contribution in [1.82, 2.24) is 10.6 Å². The fourth-order valence-electron chi connectivity index (χ4n) is 4.87. The molecule has 2 N–H and O–H groups in total. The van der Waals surface area contributed by atoms with Crippen LogP contribution >= 0.6 is 0 Å². The van der Waals surface area contributed by atoms with Crippen LogP contribution in [0.5, 0.6) is 5.75 Å². The predicted molar refractivity (Wildman–Crippen MR) is 138 cm³/mol. The fourth-order valence-corrected chi connectivity index (χ4v) is 4.87. The molecule has 35 heavy (non-hydrogen) atoms. The second-order valence-electron chi connectivity index (χ2n) is 9.44. The first-order valence-electron chi connectivity index (χ1n) is 12.5. The molecule has 0 aromatic heterocycles. The molecular weight excluding hydrogens is 436 g/mol. The van der Waals surface area contributed by atoms with Crippen LogP contribution in [0.1, 0.15) is 66.8 Å². The molecule has 1 aliphatic carbocycles. The van der Waals surface area contributed by atoms with Gasteiger partial charge in [-0.3, -0.25) is 4.79 Å². The Labute approximate surface area is 207 Å². The summed E-state index contributed by atoms with van der Waals surface area (Å²) in [5, 5.41) is 6.04. The highest BCUT2D eigenvalue weighted by atomic mass is 16.6. The maximum Gasteiger partial charge on any atom is 0.412 e. The van der Waals surface area contributed by atoms with Crippen LogP contribution in [0.25, 0.3) is 0 Å². The van der Waals surface area contributed by atoms with Gasteiger partial charge in [0.1, 0.15) is 5.75 Å². The normalized spacial score (nSPS) is 18.3. The minimum absolute atomic E-state index is 0.0146. The number of hydrogen-bond donors (Lipinski definition) is 2. The molecule has 0 bridgehead atoms. The van der Waals surface area contributed by atoms with Crippen LogP contribution in [0, 0.1) is 12.8 Å². The van der Waals surface area contributed by atoms with E-state index >= 15 is 0 Å². The Morgan fingerprint density at radius 3 is 2.43 bits per heavy atom. The highest BCUT2D eigenvalue weighted by molar-refractivity contribution is 5.80. The van der Waals surface area contributed by atoms with Crippen molar-refractivity contribution >= 4 is 12.0 Å². The van der Waals surface area contributed by atoms with Gasteiger partial charge in [-0.05, 0) is 67.0 Å².